The van der Waals surface area contributed by atoms with E-state index in [0.717, 1.165) is 17.9 Å². The summed E-state index contributed by atoms with van der Waals surface area (Å²) in [7, 11) is 0. The normalized spacial score (nSPS) is 12.7. The minimum Gasteiger partial charge on any atom is -0.373 e. The molecule has 0 spiro atoms. The van der Waals surface area contributed by atoms with Crippen molar-refractivity contribution in [2.45, 2.75) is 65.8 Å². The van der Waals surface area contributed by atoms with Gasteiger partial charge in [0.05, 0.1) is 36.8 Å². The zero-order valence-electron chi connectivity index (χ0n) is 14.3. The lowest BCUT2D eigenvalue weighted by molar-refractivity contribution is -0.0380. The Morgan fingerprint density at radius 1 is 1.00 bits per heavy atom. The van der Waals surface area contributed by atoms with Crippen LogP contribution >= 0.6 is 0 Å². The van der Waals surface area contributed by atoms with Crippen molar-refractivity contribution in [1.82, 2.24) is 10.3 Å². The van der Waals surface area contributed by atoms with E-state index in [2.05, 4.69) is 31.1 Å². The Bertz CT molecular complexity index is 420. The maximum atomic E-state index is 5.61. The van der Waals surface area contributed by atoms with Crippen molar-refractivity contribution in [1.29, 1.82) is 0 Å². The fourth-order valence-corrected chi connectivity index (χ4v) is 1.65. The molecule has 0 amide bonds. The van der Waals surface area contributed by atoms with Gasteiger partial charge in [-0.25, -0.2) is 0 Å². The van der Waals surface area contributed by atoms with E-state index in [4.69, 9.17) is 9.47 Å². The molecule has 1 aromatic rings. The average Bonchev–Trinajstić information content (AvgIpc) is 2.34. The lowest BCUT2D eigenvalue weighted by Crippen LogP contribution is -2.35. The second-order valence-corrected chi connectivity index (χ2v) is 7.24. The number of aromatic nitrogens is 1. The van der Waals surface area contributed by atoms with Gasteiger partial charge in [0.15, 0.2) is 0 Å². The second-order valence-electron chi connectivity index (χ2n) is 7.24. The average molecular weight is 294 g/mol. The Labute approximate surface area is 129 Å². The summed E-state index contributed by atoms with van der Waals surface area (Å²) in [5.41, 5.74) is 1.98. The van der Waals surface area contributed by atoms with Gasteiger partial charge < -0.3 is 14.8 Å². The van der Waals surface area contributed by atoms with Crippen molar-refractivity contribution in [2.75, 3.05) is 13.2 Å². The van der Waals surface area contributed by atoms with Crippen LogP contribution in [0.1, 0.15) is 52.9 Å². The number of nitrogens with zero attached hydrogens (tertiary/aromatic N) is 1. The molecule has 1 N–H and O–H groups in total. The van der Waals surface area contributed by atoms with E-state index in [1.54, 1.807) is 0 Å². The molecule has 4 nitrogen and oxygen atoms in total. The molecular weight excluding hydrogens is 264 g/mol. The van der Waals surface area contributed by atoms with Crippen molar-refractivity contribution in [3.05, 3.63) is 29.6 Å². The maximum Gasteiger partial charge on any atom is 0.0889 e. The molecule has 21 heavy (non-hydrogen) atoms. The van der Waals surface area contributed by atoms with Crippen LogP contribution in [0.4, 0.5) is 0 Å². The molecule has 1 rings (SSSR count). The first kappa shape index (κ1) is 18.1. The van der Waals surface area contributed by atoms with Gasteiger partial charge in [0, 0.05) is 12.1 Å². The van der Waals surface area contributed by atoms with Crippen LogP contribution in [0.2, 0.25) is 0 Å². The van der Waals surface area contributed by atoms with E-state index in [1.165, 1.54) is 0 Å². The molecule has 1 heterocycles. The standard InChI is InChI=1S/C17H30N2O2/c1-16(2,3)18-12-14-8-7-9-15(19-14)13-20-10-11-21-17(4,5)6/h7-9,18H,10-13H2,1-6H3. The van der Waals surface area contributed by atoms with Crippen LogP contribution in [-0.4, -0.2) is 29.3 Å². The fraction of sp³-hybridized carbons (Fsp3) is 0.706. The van der Waals surface area contributed by atoms with Crippen LogP contribution in [-0.2, 0) is 22.6 Å². The van der Waals surface area contributed by atoms with Gasteiger partial charge in [0.2, 0.25) is 0 Å². The highest BCUT2D eigenvalue weighted by atomic mass is 16.5. The van der Waals surface area contributed by atoms with E-state index in [0.29, 0.717) is 19.8 Å². The summed E-state index contributed by atoms with van der Waals surface area (Å²) in [5.74, 6) is 0. The fourth-order valence-electron chi connectivity index (χ4n) is 1.65. The van der Waals surface area contributed by atoms with E-state index in [1.807, 2.05) is 39.0 Å². The van der Waals surface area contributed by atoms with Gasteiger partial charge in [-0.3, -0.25) is 4.98 Å². The van der Waals surface area contributed by atoms with Crippen LogP contribution in [0.3, 0.4) is 0 Å². The van der Waals surface area contributed by atoms with Crippen molar-refractivity contribution in [3.8, 4) is 0 Å². The predicted octanol–water partition coefficient (Wildman–Crippen LogP) is 3.30. The molecule has 0 aliphatic carbocycles. The third-order valence-electron chi connectivity index (χ3n) is 2.68. The molecule has 0 aromatic carbocycles. The Kier molecular flexibility index (Phi) is 6.78. The minimum absolute atomic E-state index is 0.0957. The van der Waals surface area contributed by atoms with Crippen molar-refractivity contribution < 1.29 is 9.47 Å². The van der Waals surface area contributed by atoms with Crippen LogP contribution < -0.4 is 5.32 Å². The quantitative estimate of drug-likeness (QED) is 0.784. The Morgan fingerprint density at radius 2 is 1.67 bits per heavy atom. The topological polar surface area (TPSA) is 43.4 Å². The van der Waals surface area contributed by atoms with E-state index < -0.39 is 0 Å². The van der Waals surface area contributed by atoms with E-state index >= 15 is 0 Å². The summed E-state index contributed by atoms with van der Waals surface area (Å²) in [6.07, 6.45) is 0. The zero-order valence-corrected chi connectivity index (χ0v) is 14.3. The molecule has 0 atom stereocenters. The zero-order chi connectivity index (χ0) is 15.9. The van der Waals surface area contributed by atoms with Gasteiger partial charge in [-0.05, 0) is 53.7 Å². The maximum absolute atomic E-state index is 5.61. The summed E-state index contributed by atoms with van der Waals surface area (Å²) < 4.78 is 11.2. The van der Waals surface area contributed by atoms with Crippen molar-refractivity contribution in [3.63, 3.8) is 0 Å². The third-order valence-corrected chi connectivity index (χ3v) is 2.68. The van der Waals surface area contributed by atoms with Crippen LogP contribution in [0.25, 0.3) is 0 Å². The number of hydrogen-bond donors (Lipinski definition) is 1. The Balaban J connectivity index is 2.32. The molecule has 0 aliphatic heterocycles. The van der Waals surface area contributed by atoms with Gasteiger partial charge in [-0.1, -0.05) is 6.07 Å². The number of rotatable bonds is 7. The molecule has 0 unspecified atom stereocenters. The number of ether oxygens (including phenoxy) is 2. The van der Waals surface area contributed by atoms with Gasteiger partial charge >= 0.3 is 0 Å². The smallest absolute Gasteiger partial charge is 0.0889 e. The highest BCUT2D eigenvalue weighted by Gasteiger charge is 2.10. The van der Waals surface area contributed by atoms with Crippen molar-refractivity contribution in [2.24, 2.45) is 0 Å². The van der Waals surface area contributed by atoms with E-state index in [9.17, 15) is 0 Å². The largest absolute Gasteiger partial charge is 0.373 e. The molecule has 0 fully saturated rings. The second kappa shape index (κ2) is 7.87. The monoisotopic (exact) mass is 294 g/mol. The highest BCUT2D eigenvalue weighted by molar-refractivity contribution is 5.10. The SMILES string of the molecule is CC(C)(C)NCc1cccc(COCCOC(C)(C)C)n1. The van der Waals surface area contributed by atoms with Gasteiger partial charge in [-0.2, -0.15) is 0 Å². The summed E-state index contributed by atoms with van der Waals surface area (Å²) in [5, 5.41) is 3.44. The molecule has 120 valence electrons. The molecule has 4 heteroatoms. The first-order valence-corrected chi connectivity index (χ1v) is 7.57. The highest BCUT2D eigenvalue weighted by Crippen LogP contribution is 2.07. The number of nitrogens with one attached hydrogen (secondary N) is 1. The van der Waals surface area contributed by atoms with Crippen LogP contribution in [0.5, 0.6) is 0 Å². The van der Waals surface area contributed by atoms with Gasteiger partial charge in [-0.15, -0.1) is 0 Å². The molecule has 0 saturated carbocycles. The molecule has 0 aliphatic rings. The van der Waals surface area contributed by atoms with Crippen LogP contribution in [0, 0.1) is 0 Å². The number of hydrogen-bond acceptors (Lipinski definition) is 4. The lowest BCUT2D eigenvalue weighted by atomic mass is 10.1. The number of pyridine rings is 1. The van der Waals surface area contributed by atoms with Gasteiger partial charge in [0.1, 0.15) is 0 Å². The van der Waals surface area contributed by atoms with Gasteiger partial charge in [0.25, 0.3) is 0 Å². The lowest BCUT2D eigenvalue weighted by Gasteiger charge is -2.20. The minimum atomic E-state index is -0.111. The molecule has 1 aromatic heterocycles. The Hall–Kier alpha value is -0.970. The summed E-state index contributed by atoms with van der Waals surface area (Å²) in [4.78, 5) is 4.59. The summed E-state index contributed by atoms with van der Waals surface area (Å²) in [6, 6.07) is 6.05. The van der Waals surface area contributed by atoms with Crippen molar-refractivity contribution >= 4 is 0 Å². The molecule has 0 bridgehead atoms. The summed E-state index contributed by atoms with van der Waals surface area (Å²) >= 11 is 0. The first-order valence-electron chi connectivity index (χ1n) is 7.57. The Morgan fingerprint density at radius 3 is 2.29 bits per heavy atom. The summed E-state index contributed by atoms with van der Waals surface area (Å²) in [6.45, 7) is 15.1. The predicted molar refractivity (Wildman–Crippen MR) is 86.2 cm³/mol. The third kappa shape index (κ3) is 9.56. The van der Waals surface area contributed by atoms with E-state index in [-0.39, 0.29) is 11.1 Å². The molecule has 0 saturated heterocycles. The molecular formula is C17H30N2O2. The van der Waals surface area contributed by atoms with Crippen LogP contribution in [0.15, 0.2) is 18.2 Å². The first-order chi connectivity index (χ1) is 9.66. The molecule has 0 radical (unpaired) electrons.